The van der Waals surface area contributed by atoms with Crippen molar-refractivity contribution in [3.8, 4) is 0 Å². The number of carbonyl (C=O) groups excluding carboxylic acids is 1. The molecule has 2 amide bonds. The summed E-state index contributed by atoms with van der Waals surface area (Å²) < 4.78 is 5.12. The van der Waals surface area contributed by atoms with E-state index in [1.165, 1.54) is 21.1 Å². The number of aliphatic carboxylic acids is 1. The first-order valence-corrected chi connectivity index (χ1v) is 7.10. The van der Waals surface area contributed by atoms with Gasteiger partial charge in [-0.3, -0.25) is 0 Å². The fourth-order valence-electron chi connectivity index (χ4n) is 2.05. The summed E-state index contributed by atoms with van der Waals surface area (Å²) in [5.41, 5.74) is 0.809. The molecular weight excluding hydrogens is 282 g/mol. The van der Waals surface area contributed by atoms with Crippen molar-refractivity contribution in [1.29, 1.82) is 0 Å². The first-order chi connectivity index (χ1) is 9.49. The van der Waals surface area contributed by atoms with Crippen LogP contribution in [0.5, 0.6) is 0 Å². The second-order valence-corrected chi connectivity index (χ2v) is 5.68. The van der Waals surface area contributed by atoms with Gasteiger partial charge in [-0.2, -0.15) is 0 Å². The number of carbonyl (C=O) groups is 2. The molecule has 8 heteroatoms. The number of hydrogen-bond donors (Lipinski definition) is 1. The number of carboxylic acids is 1. The lowest BCUT2D eigenvalue weighted by Crippen LogP contribution is -2.55. The van der Waals surface area contributed by atoms with Crippen LogP contribution in [-0.4, -0.2) is 64.7 Å². The Bertz CT molecular complexity index is 505. The molecule has 1 saturated heterocycles. The van der Waals surface area contributed by atoms with Crippen LogP contribution < -0.4 is 0 Å². The van der Waals surface area contributed by atoms with Crippen molar-refractivity contribution in [2.45, 2.75) is 19.5 Å². The molecule has 0 aromatic carbocycles. The van der Waals surface area contributed by atoms with Gasteiger partial charge < -0.3 is 19.6 Å². The summed E-state index contributed by atoms with van der Waals surface area (Å²) in [5.74, 6) is -1.05. The Morgan fingerprint density at radius 2 is 2.40 bits per heavy atom. The summed E-state index contributed by atoms with van der Waals surface area (Å²) in [6, 6.07) is -1.23. The first kappa shape index (κ1) is 14.7. The number of aryl methyl sites for hydroxylation is 1. The number of aromatic nitrogens is 1. The zero-order valence-electron chi connectivity index (χ0n) is 11.4. The second-order valence-electron chi connectivity index (χ2n) is 4.62. The standard InChI is InChI=1S/C12H17N3O4S/c1-8-13-9(7-20-8)5-14(2)12(18)15-3-4-19-6-10(15)11(16)17/h7,10H,3-6H2,1-2H3,(H,16,17). The Hall–Kier alpha value is -1.67. The highest BCUT2D eigenvalue weighted by Gasteiger charge is 2.34. The van der Waals surface area contributed by atoms with Crippen LogP contribution in [0.25, 0.3) is 0 Å². The number of urea groups is 1. The molecule has 1 aliphatic heterocycles. The molecule has 1 aliphatic rings. The maximum Gasteiger partial charge on any atom is 0.328 e. The molecule has 0 aliphatic carbocycles. The fraction of sp³-hybridized carbons (Fsp3) is 0.583. The normalized spacial score (nSPS) is 18.9. The van der Waals surface area contributed by atoms with E-state index in [1.807, 2.05) is 12.3 Å². The smallest absolute Gasteiger partial charge is 0.328 e. The lowest BCUT2D eigenvalue weighted by molar-refractivity contribution is -0.147. The average molecular weight is 299 g/mol. The van der Waals surface area contributed by atoms with Gasteiger partial charge in [0.05, 0.1) is 30.5 Å². The maximum atomic E-state index is 12.3. The topological polar surface area (TPSA) is 83.0 Å². The minimum Gasteiger partial charge on any atom is -0.480 e. The van der Waals surface area contributed by atoms with E-state index in [2.05, 4.69) is 4.98 Å². The van der Waals surface area contributed by atoms with Crippen molar-refractivity contribution < 1.29 is 19.4 Å². The van der Waals surface area contributed by atoms with E-state index in [0.29, 0.717) is 13.2 Å². The van der Waals surface area contributed by atoms with Gasteiger partial charge >= 0.3 is 12.0 Å². The summed E-state index contributed by atoms with van der Waals surface area (Å²) in [4.78, 5) is 30.6. The molecule has 1 atom stereocenters. The zero-order valence-corrected chi connectivity index (χ0v) is 12.2. The molecule has 2 heterocycles. The molecular formula is C12H17N3O4S. The van der Waals surface area contributed by atoms with Gasteiger partial charge in [-0.1, -0.05) is 0 Å². The van der Waals surface area contributed by atoms with Crippen LogP contribution in [0.4, 0.5) is 4.79 Å². The van der Waals surface area contributed by atoms with Crippen LogP contribution in [0.3, 0.4) is 0 Å². The van der Waals surface area contributed by atoms with E-state index in [1.54, 1.807) is 7.05 Å². The molecule has 1 fully saturated rings. The zero-order chi connectivity index (χ0) is 14.7. The molecule has 110 valence electrons. The lowest BCUT2D eigenvalue weighted by Gasteiger charge is -2.35. The Labute approximate surface area is 120 Å². The SMILES string of the molecule is Cc1nc(CN(C)C(=O)N2CCOCC2C(=O)O)cs1. The summed E-state index contributed by atoms with van der Waals surface area (Å²) in [7, 11) is 1.64. The lowest BCUT2D eigenvalue weighted by atomic mass is 10.2. The Morgan fingerprint density at radius 3 is 3.00 bits per heavy atom. The van der Waals surface area contributed by atoms with Crippen LogP contribution in [0, 0.1) is 6.92 Å². The molecule has 20 heavy (non-hydrogen) atoms. The van der Waals surface area contributed by atoms with Crippen LogP contribution in [0.2, 0.25) is 0 Å². The van der Waals surface area contributed by atoms with Crippen molar-refractivity contribution in [3.63, 3.8) is 0 Å². The van der Waals surface area contributed by atoms with E-state index in [0.717, 1.165) is 10.7 Å². The van der Waals surface area contributed by atoms with Crippen molar-refractivity contribution in [2.24, 2.45) is 0 Å². The molecule has 1 aromatic heterocycles. The number of ether oxygens (including phenoxy) is 1. The first-order valence-electron chi connectivity index (χ1n) is 6.22. The molecule has 1 aromatic rings. The summed E-state index contributed by atoms with van der Waals surface area (Å²) in [5, 5.41) is 12.0. The molecule has 1 N–H and O–H groups in total. The van der Waals surface area contributed by atoms with Gasteiger partial charge in [-0.25, -0.2) is 14.6 Å². The maximum absolute atomic E-state index is 12.3. The fourth-order valence-corrected chi connectivity index (χ4v) is 2.65. The van der Waals surface area contributed by atoms with Crippen LogP contribution in [0.1, 0.15) is 10.7 Å². The minimum absolute atomic E-state index is 0.0325. The Kier molecular flexibility index (Phi) is 4.56. The molecule has 0 radical (unpaired) electrons. The third kappa shape index (κ3) is 3.26. The van der Waals surface area contributed by atoms with Crippen LogP contribution >= 0.6 is 11.3 Å². The predicted molar refractivity (Wildman–Crippen MR) is 72.7 cm³/mol. The Balaban J connectivity index is 2.02. The second kappa shape index (κ2) is 6.19. The molecule has 7 nitrogen and oxygen atoms in total. The Morgan fingerprint density at radius 1 is 1.65 bits per heavy atom. The molecule has 0 spiro atoms. The van der Waals surface area contributed by atoms with Gasteiger partial charge in [0.2, 0.25) is 0 Å². The van der Waals surface area contributed by atoms with Crippen LogP contribution in [0.15, 0.2) is 5.38 Å². The van der Waals surface area contributed by atoms with E-state index in [9.17, 15) is 9.59 Å². The average Bonchev–Trinajstić information content (AvgIpc) is 2.83. The van der Waals surface area contributed by atoms with E-state index < -0.39 is 12.0 Å². The number of thiazole rings is 1. The molecule has 0 bridgehead atoms. The van der Waals surface area contributed by atoms with E-state index >= 15 is 0 Å². The van der Waals surface area contributed by atoms with E-state index in [-0.39, 0.29) is 19.2 Å². The molecule has 2 rings (SSSR count). The highest BCUT2D eigenvalue weighted by atomic mass is 32.1. The van der Waals surface area contributed by atoms with Crippen LogP contribution in [-0.2, 0) is 16.1 Å². The number of rotatable bonds is 3. The van der Waals surface area contributed by atoms with Crippen molar-refractivity contribution >= 4 is 23.3 Å². The summed E-state index contributed by atoms with van der Waals surface area (Å²) in [6.45, 7) is 2.95. The highest BCUT2D eigenvalue weighted by molar-refractivity contribution is 7.09. The van der Waals surface area contributed by atoms with E-state index in [4.69, 9.17) is 9.84 Å². The number of hydrogen-bond acceptors (Lipinski definition) is 5. The number of amides is 2. The van der Waals surface area contributed by atoms with Gasteiger partial charge in [0.1, 0.15) is 0 Å². The van der Waals surface area contributed by atoms with Gasteiger partial charge in [0.25, 0.3) is 0 Å². The number of morpholine rings is 1. The highest BCUT2D eigenvalue weighted by Crippen LogP contribution is 2.14. The predicted octanol–water partition coefficient (Wildman–Crippen LogP) is 0.789. The molecule has 0 saturated carbocycles. The van der Waals surface area contributed by atoms with Gasteiger partial charge in [0, 0.05) is 19.0 Å². The van der Waals surface area contributed by atoms with Gasteiger partial charge in [0.15, 0.2) is 6.04 Å². The summed E-state index contributed by atoms with van der Waals surface area (Å²) in [6.07, 6.45) is 0. The number of carboxylic acid groups (broad SMARTS) is 1. The number of nitrogens with zero attached hydrogens (tertiary/aromatic N) is 3. The molecule has 1 unspecified atom stereocenters. The summed E-state index contributed by atoms with van der Waals surface area (Å²) >= 11 is 1.52. The quantitative estimate of drug-likeness (QED) is 0.892. The van der Waals surface area contributed by atoms with Gasteiger partial charge in [-0.15, -0.1) is 11.3 Å². The monoisotopic (exact) mass is 299 g/mol. The van der Waals surface area contributed by atoms with Crippen molar-refractivity contribution in [3.05, 3.63) is 16.1 Å². The minimum atomic E-state index is -1.05. The third-order valence-corrected chi connectivity index (χ3v) is 3.87. The van der Waals surface area contributed by atoms with Crippen molar-refractivity contribution in [2.75, 3.05) is 26.8 Å². The van der Waals surface area contributed by atoms with Gasteiger partial charge in [-0.05, 0) is 6.92 Å². The largest absolute Gasteiger partial charge is 0.480 e. The third-order valence-electron chi connectivity index (χ3n) is 3.05. The van der Waals surface area contributed by atoms with Crippen molar-refractivity contribution in [1.82, 2.24) is 14.8 Å².